The lowest BCUT2D eigenvalue weighted by molar-refractivity contribution is -0.144. The third-order valence-corrected chi connectivity index (χ3v) is 5.91. The van der Waals surface area contributed by atoms with Crippen LogP contribution in [0.15, 0.2) is 11.1 Å². The third kappa shape index (κ3) is 3.52. The van der Waals surface area contributed by atoms with Crippen molar-refractivity contribution in [2.75, 3.05) is 0 Å². The van der Waals surface area contributed by atoms with Crippen molar-refractivity contribution >= 4 is 5.97 Å². The summed E-state index contributed by atoms with van der Waals surface area (Å²) in [7, 11) is 0. The Hall–Kier alpha value is -0.790. The minimum Gasteiger partial charge on any atom is -0.459 e. The lowest BCUT2D eigenvalue weighted by Crippen LogP contribution is -2.20. The first-order chi connectivity index (χ1) is 10.3. The van der Waals surface area contributed by atoms with Gasteiger partial charge < -0.3 is 4.74 Å². The summed E-state index contributed by atoms with van der Waals surface area (Å²) in [4.78, 5) is 12.6. The Balaban J connectivity index is 1.75. The van der Waals surface area contributed by atoms with Crippen molar-refractivity contribution in [1.29, 1.82) is 0 Å². The molecule has 0 radical (unpaired) electrons. The molecule has 0 spiro atoms. The number of carbonyl (C=O) groups is 1. The summed E-state index contributed by atoms with van der Waals surface area (Å²) in [6.45, 7) is 2.04. The number of carbonyl (C=O) groups excluding carboxylic acids is 1. The van der Waals surface area contributed by atoms with Crippen molar-refractivity contribution < 1.29 is 9.53 Å². The molecule has 3 aliphatic rings. The fourth-order valence-corrected chi connectivity index (χ4v) is 4.78. The molecule has 3 fully saturated rings. The van der Waals surface area contributed by atoms with E-state index in [4.69, 9.17) is 4.74 Å². The predicted molar refractivity (Wildman–Crippen MR) is 85.0 cm³/mol. The molecule has 0 aromatic rings. The highest BCUT2D eigenvalue weighted by Gasteiger charge is 2.32. The molecular formula is C19H30O2. The molecule has 0 aliphatic heterocycles. The Kier molecular flexibility index (Phi) is 5.03. The molecule has 3 rings (SSSR count). The van der Waals surface area contributed by atoms with Gasteiger partial charge in [-0.1, -0.05) is 31.3 Å². The molecule has 118 valence electrons. The monoisotopic (exact) mass is 290 g/mol. The highest BCUT2D eigenvalue weighted by Crippen LogP contribution is 2.43. The largest absolute Gasteiger partial charge is 0.459 e. The number of ether oxygens (including phenoxy) is 1. The van der Waals surface area contributed by atoms with Crippen LogP contribution < -0.4 is 0 Å². The summed E-state index contributed by atoms with van der Waals surface area (Å²) in [5, 5.41) is 0. The van der Waals surface area contributed by atoms with E-state index < -0.39 is 0 Å². The number of rotatable bonds is 4. The molecule has 0 amide bonds. The zero-order chi connectivity index (χ0) is 14.7. The Morgan fingerprint density at radius 3 is 1.67 bits per heavy atom. The van der Waals surface area contributed by atoms with Gasteiger partial charge in [0.2, 0.25) is 0 Å². The van der Waals surface area contributed by atoms with Crippen molar-refractivity contribution in [2.45, 2.75) is 90.1 Å². The molecule has 2 nitrogen and oxygen atoms in total. The summed E-state index contributed by atoms with van der Waals surface area (Å²) in [6, 6.07) is 0. The molecule has 0 saturated heterocycles. The van der Waals surface area contributed by atoms with E-state index in [1.165, 1.54) is 69.8 Å². The van der Waals surface area contributed by atoms with Crippen LogP contribution in [0.1, 0.15) is 84.0 Å². The molecular weight excluding hydrogens is 260 g/mol. The van der Waals surface area contributed by atoms with Crippen LogP contribution in [0, 0.1) is 11.8 Å². The molecule has 3 saturated carbocycles. The average molecular weight is 290 g/mol. The Morgan fingerprint density at radius 1 is 0.762 bits per heavy atom. The van der Waals surface area contributed by atoms with Gasteiger partial charge in [0, 0.05) is 5.57 Å². The minimum atomic E-state index is -0.00398. The quantitative estimate of drug-likeness (QED) is 0.527. The maximum Gasteiger partial charge on any atom is 0.333 e. The van der Waals surface area contributed by atoms with Crippen molar-refractivity contribution in [2.24, 2.45) is 11.8 Å². The first-order valence-electron chi connectivity index (χ1n) is 9.17. The van der Waals surface area contributed by atoms with Crippen LogP contribution in [-0.2, 0) is 9.53 Å². The minimum absolute atomic E-state index is 0.00398. The van der Waals surface area contributed by atoms with Gasteiger partial charge in [0.25, 0.3) is 0 Å². The van der Waals surface area contributed by atoms with Crippen LogP contribution >= 0.6 is 0 Å². The van der Waals surface area contributed by atoms with Gasteiger partial charge in [-0.25, -0.2) is 4.79 Å². The van der Waals surface area contributed by atoms with Gasteiger partial charge in [0.15, 0.2) is 0 Å². The lowest BCUT2D eigenvalue weighted by atomic mass is 9.82. The van der Waals surface area contributed by atoms with Gasteiger partial charge in [0.1, 0.15) is 6.10 Å². The van der Waals surface area contributed by atoms with Gasteiger partial charge >= 0.3 is 5.97 Å². The number of allylic oxidation sites excluding steroid dienone is 1. The maximum atomic E-state index is 12.6. The van der Waals surface area contributed by atoms with Gasteiger partial charge in [-0.15, -0.1) is 0 Å². The molecule has 2 heteroatoms. The number of hydrogen-bond acceptors (Lipinski definition) is 2. The van der Waals surface area contributed by atoms with Crippen LogP contribution in [-0.4, -0.2) is 12.1 Å². The summed E-state index contributed by atoms with van der Waals surface area (Å²) in [5.41, 5.74) is 2.47. The molecule has 21 heavy (non-hydrogen) atoms. The predicted octanol–water partition coefficient (Wildman–Crippen LogP) is 5.17. The smallest absolute Gasteiger partial charge is 0.333 e. The van der Waals surface area contributed by atoms with E-state index in [1.54, 1.807) is 0 Å². The lowest BCUT2D eigenvalue weighted by Gasteiger charge is -2.24. The highest BCUT2D eigenvalue weighted by molar-refractivity contribution is 5.89. The second-order valence-corrected chi connectivity index (χ2v) is 7.35. The first-order valence-corrected chi connectivity index (χ1v) is 9.17. The van der Waals surface area contributed by atoms with Gasteiger partial charge in [-0.3, -0.25) is 0 Å². The van der Waals surface area contributed by atoms with E-state index in [9.17, 15) is 4.79 Å². The molecule has 0 atom stereocenters. The number of esters is 1. The Labute approximate surface area is 129 Å². The van der Waals surface area contributed by atoms with Crippen molar-refractivity contribution in [3.8, 4) is 0 Å². The molecule has 0 aromatic carbocycles. The van der Waals surface area contributed by atoms with Crippen molar-refractivity contribution in [3.63, 3.8) is 0 Å². The van der Waals surface area contributed by atoms with E-state index in [-0.39, 0.29) is 12.1 Å². The van der Waals surface area contributed by atoms with Crippen molar-refractivity contribution in [3.05, 3.63) is 11.1 Å². The van der Waals surface area contributed by atoms with Crippen LogP contribution in [0.5, 0.6) is 0 Å². The summed E-state index contributed by atoms with van der Waals surface area (Å²) in [6.07, 6.45) is 15.3. The molecule has 0 N–H and O–H groups in total. The average Bonchev–Trinajstić information content (AvgIpc) is 3.22. The molecule has 3 aliphatic carbocycles. The van der Waals surface area contributed by atoms with E-state index in [0.29, 0.717) is 11.8 Å². The topological polar surface area (TPSA) is 26.3 Å². The summed E-state index contributed by atoms with van der Waals surface area (Å²) < 4.78 is 5.78. The standard InChI is InChI=1S/C19H30O2/c1-14(19(20)21-17-12-6-7-13-17)18(15-8-2-3-9-15)16-10-4-5-11-16/h15-17H,2-13H2,1H3. The Bertz CT molecular complexity index is 374. The van der Waals surface area contributed by atoms with Crippen LogP contribution in [0.2, 0.25) is 0 Å². The Morgan fingerprint density at radius 2 is 1.19 bits per heavy atom. The van der Waals surface area contributed by atoms with E-state index in [0.717, 1.165) is 18.4 Å². The highest BCUT2D eigenvalue weighted by atomic mass is 16.5. The van der Waals surface area contributed by atoms with Gasteiger partial charge in [-0.2, -0.15) is 0 Å². The second-order valence-electron chi connectivity index (χ2n) is 7.35. The third-order valence-electron chi connectivity index (χ3n) is 5.91. The molecule has 0 aromatic heterocycles. The van der Waals surface area contributed by atoms with Crippen LogP contribution in [0.25, 0.3) is 0 Å². The summed E-state index contributed by atoms with van der Waals surface area (Å²) in [5.74, 6) is 1.34. The SMILES string of the molecule is CC(C(=O)OC1CCCC1)=C(C1CCCC1)C1CCCC1. The van der Waals surface area contributed by atoms with Crippen molar-refractivity contribution in [1.82, 2.24) is 0 Å². The number of hydrogen-bond donors (Lipinski definition) is 0. The zero-order valence-corrected chi connectivity index (χ0v) is 13.5. The molecule has 0 heterocycles. The zero-order valence-electron chi connectivity index (χ0n) is 13.5. The fourth-order valence-electron chi connectivity index (χ4n) is 4.78. The first kappa shape index (κ1) is 15.1. The van der Waals surface area contributed by atoms with E-state index in [1.807, 2.05) is 6.92 Å². The summed E-state index contributed by atoms with van der Waals surface area (Å²) >= 11 is 0. The molecule has 0 bridgehead atoms. The molecule has 0 unspecified atom stereocenters. The second kappa shape index (κ2) is 6.98. The van der Waals surface area contributed by atoms with Gasteiger partial charge in [-0.05, 0) is 70.1 Å². The van der Waals surface area contributed by atoms with Crippen LogP contribution in [0.4, 0.5) is 0 Å². The fraction of sp³-hybridized carbons (Fsp3) is 0.842. The maximum absolute atomic E-state index is 12.6. The van der Waals surface area contributed by atoms with E-state index >= 15 is 0 Å². The van der Waals surface area contributed by atoms with Crippen LogP contribution in [0.3, 0.4) is 0 Å². The normalized spacial score (nSPS) is 24.6. The van der Waals surface area contributed by atoms with Gasteiger partial charge in [0.05, 0.1) is 0 Å². The van der Waals surface area contributed by atoms with E-state index in [2.05, 4.69) is 0 Å².